The zero-order chi connectivity index (χ0) is 41.7. The van der Waals surface area contributed by atoms with E-state index < -0.39 is 8.07 Å². The molecule has 1 aliphatic rings. The van der Waals surface area contributed by atoms with Crippen molar-refractivity contribution in [3.8, 4) is 0 Å². The Bertz CT molecular complexity index is 2280. The molecule has 0 N–H and O–H groups in total. The standard InChI is InChI=1S/C57H63Si.3ClH.Ti/c1-36-26-39(4)54(40(5)27-36)32-48-14-20-51(21-15-48)58(57(13)35-45(10)46(11)47(57)12,52-22-16-49(17-23-52)33-55-41(6)28-37(2)29-42(55)7)53-24-18-50(19-25-53)34-56-43(8)30-38(3)31-44(56)9;;;;/h14-31H,32-34H2,1-13H3;3*1H;/q-1;;;;+4/p-3. The van der Waals surface area contributed by atoms with Crippen LogP contribution in [0.2, 0.25) is 5.04 Å². The summed E-state index contributed by atoms with van der Waals surface area (Å²) in [6, 6.07) is 43.4. The van der Waals surface area contributed by atoms with E-state index in [1.807, 2.05) is 0 Å². The van der Waals surface area contributed by atoms with Crippen molar-refractivity contribution in [2.75, 3.05) is 0 Å². The monoisotopic (exact) mass is 928 g/mol. The molecule has 0 bridgehead atoms. The Kier molecular flexibility index (Phi) is 18.0. The number of halogens is 3. The van der Waals surface area contributed by atoms with E-state index in [-0.39, 0.29) is 64.0 Å². The Morgan fingerprint density at radius 2 is 0.645 bits per heavy atom. The second-order valence-corrected chi connectivity index (χ2v) is 22.4. The average molecular weight is 930 g/mol. The van der Waals surface area contributed by atoms with Crippen LogP contribution >= 0.6 is 0 Å². The Morgan fingerprint density at radius 3 is 0.855 bits per heavy atom. The summed E-state index contributed by atoms with van der Waals surface area (Å²) in [6.45, 7) is 29.6. The van der Waals surface area contributed by atoms with Crippen molar-refractivity contribution in [3.63, 3.8) is 0 Å². The first kappa shape index (κ1) is 52.9. The van der Waals surface area contributed by atoms with Crippen molar-refractivity contribution in [3.05, 3.63) is 215 Å². The molecule has 1 atom stereocenters. The molecule has 5 heteroatoms. The van der Waals surface area contributed by atoms with Crippen LogP contribution in [-0.2, 0) is 41.0 Å². The summed E-state index contributed by atoms with van der Waals surface area (Å²) in [5.41, 5.74) is 24.8. The quantitative estimate of drug-likeness (QED) is 0.112. The van der Waals surface area contributed by atoms with Crippen LogP contribution in [0, 0.1) is 68.4 Å². The normalized spacial score (nSPS) is 14.6. The van der Waals surface area contributed by atoms with Crippen LogP contribution in [0.4, 0.5) is 0 Å². The van der Waals surface area contributed by atoms with E-state index in [0.29, 0.717) is 0 Å². The summed E-state index contributed by atoms with van der Waals surface area (Å²) in [5, 5.41) is 3.99. The Hall–Kier alpha value is -3.40. The molecule has 0 amide bonds. The van der Waals surface area contributed by atoms with Crippen molar-refractivity contribution < 1.29 is 58.9 Å². The van der Waals surface area contributed by atoms with E-state index in [1.165, 1.54) is 116 Å². The predicted octanol–water partition coefficient (Wildman–Crippen LogP) is 3.57. The van der Waals surface area contributed by atoms with Gasteiger partial charge in [-0.3, -0.25) is 6.08 Å². The van der Waals surface area contributed by atoms with Gasteiger partial charge in [-0.05, 0) is 164 Å². The fraction of sp³-hybridized carbons (Fsp3) is 0.298. The van der Waals surface area contributed by atoms with Gasteiger partial charge in [0, 0.05) is 0 Å². The van der Waals surface area contributed by atoms with E-state index in [1.54, 1.807) is 0 Å². The van der Waals surface area contributed by atoms with Gasteiger partial charge in [0.05, 0.1) is 0 Å². The van der Waals surface area contributed by atoms with Crippen molar-refractivity contribution in [1.29, 1.82) is 0 Å². The topological polar surface area (TPSA) is 0 Å². The van der Waals surface area contributed by atoms with E-state index in [4.69, 9.17) is 0 Å². The predicted molar refractivity (Wildman–Crippen MR) is 254 cm³/mol. The molecule has 1 aliphatic carbocycles. The van der Waals surface area contributed by atoms with E-state index in [0.717, 1.165) is 19.3 Å². The van der Waals surface area contributed by atoms with Gasteiger partial charge in [0.2, 0.25) is 0 Å². The van der Waals surface area contributed by atoms with Gasteiger partial charge >= 0.3 is 21.7 Å². The molecule has 0 saturated heterocycles. The van der Waals surface area contributed by atoms with Crippen LogP contribution in [0.25, 0.3) is 0 Å². The maximum absolute atomic E-state index is 4.19. The minimum atomic E-state index is -2.88. The smallest absolute Gasteiger partial charge is 1.00 e. The summed E-state index contributed by atoms with van der Waals surface area (Å²) in [4.78, 5) is 0. The number of aryl methyl sites for hydroxylation is 9. The molecule has 0 spiro atoms. The number of hydrogen-bond acceptors (Lipinski definition) is 0. The van der Waals surface area contributed by atoms with Crippen molar-refractivity contribution in [1.82, 2.24) is 0 Å². The first-order valence-corrected chi connectivity index (χ1v) is 23.3. The van der Waals surface area contributed by atoms with Gasteiger partial charge in [-0.1, -0.05) is 152 Å². The minimum Gasteiger partial charge on any atom is -1.00 e. The first-order chi connectivity index (χ1) is 27.5. The molecular weight excluding hydrogens is 867 g/mol. The van der Waals surface area contributed by atoms with E-state index in [2.05, 4.69) is 205 Å². The second-order valence-electron chi connectivity index (χ2n) is 18.1. The zero-order valence-electron chi connectivity index (χ0n) is 39.1. The molecule has 320 valence electrons. The molecule has 0 fully saturated rings. The van der Waals surface area contributed by atoms with Gasteiger partial charge in [0.15, 0.2) is 0 Å². The molecule has 0 saturated carbocycles. The van der Waals surface area contributed by atoms with Gasteiger partial charge in [-0.25, -0.2) is 5.57 Å². The summed E-state index contributed by atoms with van der Waals surface area (Å²) in [6.07, 6.45) is 7.00. The molecule has 0 heterocycles. The largest absolute Gasteiger partial charge is 4.00 e. The Balaban J connectivity index is 0.00000256. The summed E-state index contributed by atoms with van der Waals surface area (Å²) < 4.78 is 0. The summed E-state index contributed by atoms with van der Waals surface area (Å²) >= 11 is 0. The van der Waals surface area contributed by atoms with Crippen LogP contribution in [0.15, 0.2) is 126 Å². The average Bonchev–Trinajstić information content (AvgIpc) is 3.37. The molecule has 0 nitrogen and oxygen atoms in total. The van der Waals surface area contributed by atoms with Gasteiger partial charge in [-0.15, -0.1) is 6.92 Å². The Labute approximate surface area is 409 Å². The third-order valence-corrected chi connectivity index (χ3v) is 19.5. The van der Waals surface area contributed by atoms with Gasteiger partial charge < -0.3 is 37.2 Å². The molecule has 6 aromatic rings. The first-order valence-electron chi connectivity index (χ1n) is 21.3. The minimum absolute atomic E-state index is 0. The summed E-state index contributed by atoms with van der Waals surface area (Å²) in [5.74, 6) is 0. The zero-order valence-corrected chi connectivity index (χ0v) is 44.0. The SMILES string of the molecule is CC1=[C-]C(C)([Si](c2ccc(Cc3c(C)cc(C)cc3C)cc2)(c2ccc(Cc3c(C)cc(C)cc3C)cc2)c2ccc(Cc3c(C)cc(C)cc3C)cc2)C(C)=C1C.[Cl-].[Cl-].[Cl-].[Ti+4]. The van der Waals surface area contributed by atoms with Gasteiger partial charge in [-0.2, -0.15) is 11.1 Å². The molecular formula is C57H63Cl3SiTi. The third-order valence-electron chi connectivity index (χ3n) is 13.9. The fourth-order valence-corrected chi connectivity index (χ4v) is 16.5. The van der Waals surface area contributed by atoms with E-state index in [9.17, 15) is 0 Å². The second kappa shape index (κ2) is 21.1. The van der Waals surface area contributed by atoms with Gasteiger partial charge in [0.25, 0.3) is 0 Å². The number of rotatable bonds is 10. The molecule has 1 unspecified atom stereocenters. The molecule has 0 aromatic heterocycles. The number of benzene rings is 6. The molecule has 0 aliphatic heterocycles. The van der Waals surface area contributed by atoms with Crippen molar-refractivity contribution in [2.24, 2.45) is 0 Å². The van der Waals surface area contributed by atoms with Crippen LogP contribution in [0.1, 0.15) is 111 Å². The molecule has 7 rings (SSSR count). The van der Waals surface area contributed by atoms with Crippen molar-refractivity contribution in [2.45, 2.75) is 114 Å². The van der Waals surface area contributed by atoms with Gasteiger partial charge in [0.1, 0.15) is 8.07 Å². The third kappa shape index (κ3) is 9.95. The maximum atomic E-state index is 4.19. The molecule has 6 aromatic carbocycles. The van der Waals surface area contributed by atoms with E-state index >= 15 is 0 Å². The maximum Gasteiger partial charge on any atom is 4.00 e. The summed E-state index contributed by atoms with van der Waals surface area (Å²) in [7, 11) is -2.88. The number of allylic oxidation sites excluding steroid dienone is 4. The fourth-order valence-electron chi connectivity index (χ4n) is 10.7. The Morgan fingerprint density at radius 1 is 0.403 bits per heavy atom. The van der Waals surface area contributed by atoms with Crippen molar-refractivity contribution >= 4 is 23.6 Å². The molecule has 0 radical (unpaired) electrons. The van der Waals surface area contributed by atoms with Crippen LogP contribution in [-0.4, -0.2) is 8.07 Å². The number of hydrogen-bond donors (Lipinski definition) is 0. The van der Waals surface area contributed by atoms with Crippen LogP contribution in [0.3, 0.4) is 0 Å². The van der Waals surface area contributed by atoms with Crippen LogP contribution < -0.4 is 52.8 Å². The van der Waals surface area contributed by atoms with Crippen LogP contribution in [0.5, 0.6) is 0 Å². The molecule has 62 heavy (non-hydrogen) atoms.